The number of hydrogen-bond acceptors (Lipinski definition) is 2. The lowest BCUT2D eigenvalue weighted by molar-refractivity contribution is 0.628. The minimum absolute atomic E-state index is 0.0254. The summed E-state index contributed by atoms with van der Waals surface area (Å²) in [5.41, 5.74) is 1.42. The smallest absolute Gasteiger partial charge is 0.123 e. The Bertz CT molecular complexity index is 393. The molecular formula is C13H15FN2. The van der Waals surface area contributed by atoms with Gasteiger partial charge in [0, 0.05) is 17.8 Å². The van der Waals surface area contributed by atoms with E-state index >= 15 is 0 Å². The number of benzene rings is 1. The van der Waals surface area contributed by atoms with Crippen molar-refractivity contribution in [1.82, 2.24) is 0 Å². The molecule has 0 amide bonds. The molecule has 84 valence electrons. The summed E-state index contributed by atoms with van der Waals surface area (Å²) in [5.74, 6) is -0.305. The van der Waals surface area contributed by atoms with Crippen LogP contribution in [0.3, 0.4) is 0 Å². The van der Waals surface area contributed by atoms with Gasteiger partial charge in [-0.3, -0.25) is 4.99 Å². The average molecular weight is 218 g/mol. The number of rotatable bonds is 5. The maximum atomic E-state index is 12.7. The van der Waals surface area contributed by atoms with Crippen molar-refractivity contribution < 1.29 is 4.39 Å². The SMILES string of the molecule is C=CC(=Nc1ccc(F)cc1)C(C=N)CC. The zero-order chi connectivity index (χ0) is 12.0. The van der Waals surface area contributed by atoms with Gasteiger partial charge in [-0.1, -0.05) is 13.5 Å². The van der Waals surface area contributed by atoms with E-state index in [0.29, 0.717) is 5.69 Å². The van der Waals surface area contributed by atoms with Gasteiger partial charge in [0.2, 0.25) is 0 Å². The van der Waals surface area contributed by atoms with Crippen LogP contribution in [0.2, 0.25) is 0 Å². The second-order valence-corrected chi connectivity index (χ2v) is 3.40. The summed E-state index contributed by atoms with van der Waals surface area (Å²) in [7, 11) is 0. The summed E-state index contributed by atoms with van der Waals surface area (Å²) >= 11 is 0. The molecule has 1 unspecified atom stereocenters. The molecule has 0 saturated heterocycles. The normalized spacial score (nSPS) is 13.2. The van der Waals surface area contributed by atoms with Gasteiger partial charge in [0.1, 0.15) is 5.82 Å². The van der Waals surface area contributed by atoms with Crippen molar-refractivity contribution in [3.8, 4) is 0 Å². The number of allylic oxidation sites excluding steroid dienone is 1. The average Bonchev–Trinajstić information content (AvgIpc) is 2.32. The van der Waals surface area contributed by atoms with Gasteiger partial charge in [-0.15, -0.1) is 0 Å². The van der Waals surface area contributed by atoms with Crippen molar-refractivity contribution in [3.05, 3.63) is 42.7 Å². The van der Waals surface area contributed by atoms with Crippen molar-refractivity contribution in [3.63, 3.8) is 0 Å². The molecule has 1 N–H and O–H groups in total. The van der Waals surface area contributed by atoms with Crippen LogP contribution in [0.4, 0.5) is 10.1 Å². The number of nitrogens with one attached hydrogen (secondary N) is 1. The van der Waals surface area contributed by atoms with Crippen molar-refractivity contribution >= 4 is 17.6 Å². The highest BCUT2D eigenvalue weighted by molar-refractivity contribution is 6.06. The summed E-state index contributed by atoms with van der Waals surface area (Å²) < 4.78 is 12.7. The molecule has 0 bridgehead atoms. The van der Waals surface area contributed by atoms with Gasteiger partial charge in [-0.05, 0) is 36.8 Å². The number of halogens is 1. The largest absolute Gasteiger partial charge is 0.312 e. The van der Waals surface area contributed by atoms with Crippen LogP contribution in [0.1, 0.15) is 13.3 Å². The molecule has 3 heteroatoms. The zero-order valence-corrected chi connectivity index (χ0v) is 9.28. The van der Waals surface area contributed by atoms with Crippen molar-refractivity contribution in [2.75, 3.05) is 0 Å². The lowest BCUT2D eigenvalue weighted by Gasteiger charge is -2.08. The molecule has 16 heavy (non-hydrogen) atoms. The summed E-state index contributed by atoms with van der Waals surface area (Å²) in [5, 5.41) is 7.28. The molecule has 2 nitrogen and oxygen atoms in total. The highest BCUT2D eigenvalue weighted by Crippen LogP contribution is 2.15. The first-order valence-electron chi connectivity index (χ1n) is 5.18. The van der Waals surface area contributed by atoms with Crippen LogP contribution in [0.25, 0.3) is 0 Å². The predicted molar refractivity (Wildman–Crippen MR) is 66.3 cm³/mol. The fourth-order valence-electron chi connectivity index (χ4n) is 1.36. The molecule has 0 radical (unpaired) electrons. The van der Waals surface area contributed by atoms with Crippen LogP contribution in [0.5, 0.6) is 0 Å². The molecule has 1 rings (SSSR count). The second kappa shape index (κ2) is 5.95. The minimum atomic E-state index is -0.279. The number of nitrogens with zero attached hydrogens (tertiary/aromatic N) is 1. The van der Waals surface area contributed by atoms with Gasteiger partial charge in [-0.2, -0.15) is 0 Å². The van der Waals surface area contributed by atoms with Gasteiger partial charge < -0.3 is 5.41 Å². The van der Waals surface area contributed by atoms with Crippen LogP contribution in [0.15, 0.2) is 41.9 Å². The van der Waals surface area contributed by atoms with E-state index in [1.54, 1.807) is 18.2 Å². The third-order valence-electron chi connectivity index (χ3n) is 2.31. The third-order valence-corrected chi connectivity index (χ3v) is 2.31. The van der Waals surface area contributed by atoms with Gasteiger partial charge >= 0.3 is 0 Å². The zero-order valence-electron chi connectivity index (χ0n) is 9.28. The predicted octanol–water partition coefficient (Wildman–Crippen LogP) is 3.76. The van der Waals surface area contributed by atoms with E-state index in [9.17, 15) is 4.39 Å². The standard InChI is InChI=1S/C13H15FN2/c1-3-10(9-15)13(4-2)16-12-7-5-11(14)6-8-12/h4-10,15H,2-3H2,1H3. The fraction of sp³-hybridized carbons (Fsp3) is 0.231. The van der Waals surface area contributed by atoms with Crippen LogP contribution < -0.4 is 0 Å². The van der Waals surface area contributed by atoms with E-state index in [1.807, 2.05) is 6.92 Å². The molecule has 0 fully saturated rings. The van der Waals surface area contributed by atoms with Crippen LogP contribution in [-0.2, 0) is 0 Å². The first-order chi connectivity index (χ1) is 7.71. The molecular weight excluding hydrogens is 203 g/mol. The maximum Gasteiger partial charge on any atom is 0.123 e. The Kier molecular flexibility index (Phi) is 4.58. The second-order valence-electron chi connectivity index (χ2n) is 3.40. The Balaban J connectivity index is 2.99. The van der Waals surface area contributed by atoms with E-state index in [-0.39, 0.29) is 11.7 Å². The molecule has 1 aromatic carbocycles. The lowest BCUT2D eigenvalue weighted by atomic mass is 10.0. The Morgan fingerprint density at radius 2 is 2.12 bits per heavy atom. The Morgan fingerprint density at radius 1 is 1.50 bits per heavy atom. The molecule has 0 saturated carbocycles. The molecule has 0 aliphatic carbocycles. The Labute approximate surface area is 95.0 Å². The minimum Gasteiger partial charge on any atom is -0.312 e. The summed E-state index contributed by atoms with van der Waals surface area (Å²) in [6.45, 7) is 5.67. The van der Waals surface area contributed by atoms with E-state index in [4.69, 9.17) is 5.41 Å². The molecule has 0 aliphatic heterocycles. The van der Waals surface area contributed by atoms with Gasteiger partial charge in [0.15, 0.2) is 0 Å². The van der Waals surface area contributed by atoms with Crippen LogP contribution >= 0.6 is 0 Å². The Morgan fingerprint density at radius 3 is 2.56 bits per heavy atom. The molecule has 1 atom stereocenters. The van der Waals surface area contributed by atoms with Crippen LogP contribution in [0, 0.1) is 17.1 Å². The Hall–Kier alpha value is -1.77. The fourth-order valence-corrected chi connectivity index (χ4v) is 1.36. The summed E-state index contributed by atoms with van der Waals surface area (Å²) in [6.07, 6.45) is 3.79. The lowest BCUT2D eigenvalue weighted by Crippen LogP contribution is -2.11. The quantitative estimate of drug-likeness (QED) is 0.730. The third kappa shape index (κ3) is 3.12. The van der Waals surface area contributed by atoms with Gasteiger partial charge in [-0.25, -0.2) is 4.39 Å². The van der Waals surface area contributed by atoms with E-state index in [2.05, 4.69) is 11.6 Å². The van der Waals surface area contributed by atoms with Gasteiger partial charge in [0.05, 0.1) is 5.69 Å². The monoisotopic (exact) mass is 218 g/mol. The number of aliphatic imine (C=N–C) groups is 1. The van der Waals surface area contributed by atoms with Gasteiger partial charge in [0.25, 0.3) is 0 Å². The molecule has 1 aromatic rings. The highest BCUT2D eigenvalue weighted by atomic mass is 19.1. The first-order valence-corrected chi connectivity index (χ1v) is 5.18. The summed E-state index contributed by atoms with van der Waals surface area (Å²) in [4.78, 5) is 4.34. The molecule has 0 aliphatic rings. The number of hydrogen-bond donors (Lipinski definition) is 1. The van der Waals surface area contributed by atoms with E-state index in [1.165, 1.54) is 18.3 Å². The van der Waals surface area contributed by atoms with Crippen molar-refractivity contribution in [2.24, 2.45) is 10.9 Å². The molecule has 0 aromatic heterocycles. The van der Waals surface area contributed by atoms with Crippen molar-refractivity contribution in [1.29, 1.82) is 5.41 Å². The maximum absolute atomic E-state index is 12.7. The van der Waals surface area contributed by atoms with E-state index < -0.39 is 0 Å². The van der Waals surface area contributed by atoms with Crippen LogP contribution in [-0.4, -0.2) is 11.9 Å². The first kappa shape index (κ1) is 12.3. The topological polar surface area (TPSA) is 36.2 Å². The van der Waals surface area contributed by atoms with Crippen molar-refractivity contribution in [2.45, 2.75) is 13.3 Å². The highest BCUT2D eigenvalue weighted by Gasteiger charge is 2.07. The molecule has 0 spiro atoms. The van der Waals surface area contributed by atoms with E-state index in [0.717, 1.165) is 12.1 Å². The molecule has 0 heterocycles. The summed E-state index contributed by atoms with van der Waals surface area (Å²) in [6, 6.07) is 5.95.